The van der Waals surface area contributed by atoms with Gasteiger partial charge >= 0.3 is 0 Å². The fourth-order valence-corrected chi connectivity index (χ4v) is 1.37. The van der Waals surface area contributed by atoms with E-state index in [2.05, 4.69) is 10.6 Å². The van der Waals surface area contributed by atoms with E-state index < -0.39 is 0 Å². The first-order chi connectivity index (χ1) is 8.33. The Morgan fingerprint density at radius 2 is 2.06 bits per heavy atom. The van der Waals surface area contributed by atoms with Gasteiger partial charge in [-0.05, 0) is 32.0 Å². The van der Waals surface area contributed by atoms with Crippen LogP contribution in [-0.4, -0.2) is 32.1 Å². The van der Waals surface area contributed by atoms with Gasteiger partial charge in [0.25, 0.3) is 0 Å². The topological polar surface area (TPSA) is 50.4 Å². The van der Waals surface area contributed by atoms with E-state index in [4.69, 9.17) is 4.74 Å². The molecule has 17 heavy (non-hydrogen) atoms. The molecule has 0 aliphatic rings. The molecule has 4 heteroatoms. The molecule has 2 N–H and O–H groups in total. The highest BCUT2D eigenvalue weighted by molar-refractivity contribution is 5.77. The van der Waals surface area contributed by atoms with Crippen molar-refractivity contribution in [3.63, 3.8) is 0 Å². The summed E-state index contributed by atoms with van der Waals surface area (Å²) in [6, 6.07) is 9.72. The molecule has 0 spiro atoms. The number of hydrogen-bond acceptors (Lipinski definition) is 3. The molecule has 0 aliphatic carbocycles. The summed E-state index contributed by atoms with van der Waals surface area (Å²) in [5.41, 5.74) is 0. The van der Waals surface area contributed by atoms with Gasteiger partial charge in [-0.25, -0.2) is 0 Å². The number of ether oxygens (including phenoxy) is 1. The maximum Gasteiger partial charge on any atom is 0.233 e. The van der Waals surface area contributed by atoms with Gasteiger partial charge in [-0.1, -0.05) is 18.2 Å². The van der Waals surface area contributed by atoms with Crippen molar-refractivity contribution in [1.82, 2.24) is 10.6 Å². The summed E-state index contributed by atoms with van der Waals surface area (Å²) >= 11 is 0. The molecule has 1 aromatic carbocycles. The second-order valence-electron chi connectivity index (χ2n) is 3.65. The number of likely N-dealkylation sites (N-methyl/N-ethyl adjacent to an activating group) is 1. The normalized spacial score (nSPS) is 9.94. The third-order valence-electron chi connectivity index (χ3n) is 2.17. The molecule has 0 aliphatic heterocycles. The first-order valence-electron chi connectivity index (χ1n) is 5.98. The Bertz CT molecular complexity index is 314. The number of amides is 1. The highest BCUT2D eigenvalue weighted by Crippen LogP contribution is 2.07. The summed E-state index contributed by atoms with van der Waals surface area (Å²) < 4.78 is 5.52. The van der Waals surface area contributed by atoms with Crippen molar-refractivity contribution in [3.05, 3.63) is 30.3 Å². The van der Waals surface area contributed by atoms with Gasteiger partial charge in [0.15, 0.2) is 0 Å². The molecule has 0 saturated heterocycles. The van der Waals surface area contributed by atoms with E-state index in [0.29, 0.717) is 19.7 Å². The second-order valence-corrected chi connectivity index (χ2v) is 3.65. The monoisotopic (exact) mass is 236 g/mol. The minimum absolute atomic E-state index is 0.0384. The number of hydrogen-bond donors (Lipinski definition) is 2. The molecule has 1 amide bonds. The standard InChI is InChI=1S/C13H20N2O2/c1-2-15-13(16)11-14-9-6-10-17-12-7-4-3-5-8-12/h3-5,7-8,14H,2,6,9-11H2,1H3,(H,15,16). The predicted molar refractivity (Wildman–Crippen MR) is 68.1 cm³/mol. The van der Waals surface area contributed by atoms with Crippen molar-refractivity contribution in [3.8, 4) is 5.75 Å². The number of para-hydroxylation sites is 1. The van der Waals surface area contributed by atoms with Crippen molar-refractivity contribution >= 4 is 5.91 Å². The molecule has 4 nitrogen and oxygen atoms in total. The number of nitrogens with one attached hydrogen (secondary N) is 2. The lowest BCUT2D eigenvalue weighted by atomic mass is 10.3. The maximum absolute atomic E-state index is 11.1. The van der Waals surface area contributed by atoms with Gasteiger partial charge < -0.3 is 15.4 Å². The zero-order valence-electron chi connectivity index (χ0n) is 10.2. The van der Waals surface area contributed by atoms with Crippen LogP contribution in [0.2, 0.25) is 0 Å². The van der Waals surface area contributed by atoms with E-state index in [1.165, 1.54) is 0 Å². The fourth-order valence-electron chi connectivity index (χ4n) is 1.37. The van der Waals surface area contributed by atoms with Gasteiger partial charge in [-0.15, -0.1) is 0 Å². The molecule has 1 aromatic rings. The molecule has 94 valence electrons. The van der Waals surface area contributed by atoms with Crippen LogP contribution in [0.1, 0.15) is 13.3 Å². The minimum Gasteiger partial charge on any atom is -0.494 e. The highest BCUT2D eigenvalue weighted by Gasteiger charge is 1.97. The first kappa shape index (κ1) is 13.5. The fraction of sp³-hybridized carbons (Fsp3) is 0.462. The molecule has 0 fully saturated rings. The van der Waals surface area contributed by atoms with E-state index in [9.17, 15) is 4.79 Å². The molecule has 0 heterocycles. The van der Waals surface area contributed by atoms with Gasteiger partial charge in [0.1, 0.15) is 5.75 Å². The van der Waals surface area contributed by atoms with Crippen molar-refractivity contribution < 1.29 is 9.53 Å². The summed E-state index contributed by atoms with van der Waals surface area (Å²) in [6.45, 7) is 4.40. The van der Waals surface area contributed by atoms with Crippen molar-refractivity contribution in [2.75, 3.05) is 26.2 Å². The number of benzene rings is 1. The van der Waals surface area contributed by atoms with Crippen molar-refractivity contribution in [2.24, 2.45) is 0 Å². The van der Waals surface area contributed by atoms with E-state index in [1.54, 1.807) is 0 Å². The van der Waals surface area contributed by atoms with Crippen LogP contribution in [0.15, 0.2) is 30.3 Å². The molecule has 0 bridgehead atoms. The summed E-state index contributed by atoms with van der Waals surface area (Å²) in [7, 11) is 0. The Kier molecular flexibility index (Phi) is 6.82. The van der Waals surface area contributed by atoms with Crippen LogP contribution in [-0.2, 0) is 4.79 Å². The van der Waals surface area contributed by atoms with Crippen LogP contribution in [0.4, 0.5) is 0 Å². The summed E-state index contributed by atoms with van der Waals surface area (Å²) in [4.78, 5) is 11.1. The molecule has 0 aromatic heterocycles. The van der Waals surface area contributed by atoms with Crippen LogP contribution in [0.3, 0.4) is 0 Å². The van der Waals surface area contributed by atoms with E-state index >= 15 is 0 Å². The van der Waals surface area contributed by atoms with Crippen LogP contribution in [0.25, 0.3) is 0 Å². The smallest absolute Gasteiger partial charge is 0.233 e. The largest absolute Gasteiger partial charge is 0.494 e. The van der Waals surface area contributed by atoms with Crippen LogP contribution < -0.4 is 15.4 Å². The molecular weight excluding hydrogens is 216 g/mol. The number of rotatable bonds is 8. The Morgan fingerprint density at radius 3 is 2.76 bits per heavy atom. The van der Waals surface area contributed by atoms with Crippen molar-refractivity contribution in [1.29, 1.82) is 0 Å². The van der Waals surface area contributed by atoms with Gasteiger partial charge in [-0.2, -0.15) is 0 Å². The minimum atomic E-state index is 0.0384. The van der Waals surface area contributed by atoms with Gasteiger partial charge in [-0.3, -0.25) is 4.79 Å². The second kappa shape index (κ2) is 8.58. The number of carbonyl (C=O) groups excluding carboxylic acids is 1. The summed E-state index contributed by atoms with van der Waals surface area (Å²) in [5.74, 6) is 0.924. The number of carbonyl (C=O) groups is 1. The zero-order valence-corrected chi connectivity index (χ0v) is 10.2. The zero-order chi connectivity index (χ0) is 12.3. The molecule has 0 atom stereocenters. The Hall–Kier alpha value is -1.55. The first-order valence-corrected chi connectivity index (χ1v) is 5.98. The van der Waals surface area contributed by atoms with E-state index in [0.717, 1.165) is 18.7 Å². The van der Waals surface area contributed by atoms with Crippen LogP contribution >= 0.6 is 0 Å². The predicted octanol–water partition coefficient (Wildman–Crippen LogP) is 1.18. The summed E-state index contributed by atoms with van der Waals surface area (Å²) in [6.07, 6.45) is 0.883. The lowest BCUT2D eigenvalue weighted by molar-refractivity contribution is -0.120. The van der Waals surface area contributed by atoms with Gasteiger partial charge in [0.05, 0.1) is 13.2 Å². The Labute approximate surface area is 102 Å². The van der Waals surface area contributed by atoms with E-state index in [1.807, 2.05) is 37.3 Å². The average Bonchev–Trinajstić information content (AvgIpc) is 2.35. The maximum atomic E-state index is 11.1. The third-order valence-corrected chi connectivity index (χ3v) is 2.17. The summed E-state index contributed by atoms with van der Waals surface area (Å²) in [5, 5.41) is 5.79. The highest BCUT2D eigenvalue weighted by atomic mass is 16.5. The lowest BCUT2D eigenvalue weighted by Crippen LogP contribution is -2.34. The van der Waals surface area contributed by atoms with Gasteiger partial charge in [0, 0.05) is 6.54 Å². The van der Waals surface area contributed by atoms with Crippen LogP contribution in [0, 0.1) is 0 Å². The Balaban J connectivity index is 1.96. The Morgan fingerprint density at radius 1 is 1.29 bits per heavy atom. The molecule has 0 unspecified atom stereocenters. The van der Waals surface area contributed by atoms with E-state index in [-0.39, 0.29) is 5.91 Å². The molecule has 1 rings (SSSR count). The van der Waals surface area contributed by atoms with Crippen molar-refractivity contribution in [2.45, 2.75) is 13.3 Å². The third kappa shape index (κ3) is 6.58. The SMILES string of the molecule is CCNC(=O)CNCCCOc1ccccc1. The molecule has 0 saturated carbocycles. The quantitative estimate of drug-likeness (QED) is 0.666. The molecule has 0 radical (unpaired) electrons. The van der Waals surface area contributed by atoms with Crippen LogP contribution in [0.5, 0.6) is 5.75 Å². The lowest BCUT2D eigenvalue weighted by Gasteiger charge is -2.07. The molecular formula is C13H20N2O2. The van der Waals surface area contributed by atoms with Gasteiger partial charge in [0.2, 0.25) is 5.91 Å². The average molecular weight is 236 g/mol.